The Balaban J connectivity index is 1.71. The molecule has 0 bridgehead atoms. The average Bonchev–Trinajstić information content (AvgIpc) is 2.73. The molecular weight excluding hydrogens is 380 g/mol. The molecule has 3 N–H and O–H groups in total. The molecule has 5 heteroatoms. The molecule has 0 radical (unpaired) electrons. The van der Waals surface area contributed by atoms with Crippen molar-refractivity contribution in [1.82, 2.24) is 0 Å². The minimum absolute atomic E-state index is 0.0183. The van der Waals surface area contributed by atoms with E-state index in [0.29, 0.717) is 25.4 Å². The van der Waals surface area contributed by atoms with Crippen LogP contribution < -0.4 is 0 Å². The van der Waals surface area contributed by atoms with Crippen molar-refractivity contribution in [3.05, 3.63) is 23.8 Å². The molecule has 3 rings (SSSR count). The van der Waals surface area contributed by atoms with Gasteiger partial charge in [-0.2, -0.15) is 0 Å². The number of aliphatic hydroxyl groups is 2. The summed E-state index contributed by atoms with van der Waals surface area (Å²) in [7, 11) is 0. The summed E-state index contributed by atoms with van der Waals surface area (Å²) < 4.78 is 6.46. The number of carboxylic acid groups (broad SMARTS) is 1. The molecule has 0 amide bonds. The number of allylic oxidation sites excluding steroid dienone is 1. The van der Waals surface area contributed by atoms with Crippen LogP contribution in [0.25, 0.3) is 0 Å². The van der Waals surface area contributed by atoms with Gasteiger partial charge in [0.2, 0.25) is 0 Å². The van der Waals surface area contributed by atoms with E-state index < -0.39 is 18.2 Å². The second-order valence-electron chi connectivity index (χ2n) is 9.52. The summed E-state index contributed by atoms with van der Waals surface area (Å²) in [5.41, 5.74) is 0.848. The molecule has 3 saturated carbocycles. The summed E-state index contributed by atoms with van der Waals surface area (Å²) in [6, 6.07) is 0. The third-order valence-electron chi connectivity index (χ3n) is 7.57. The lowest BCUT2D eigenvalue weighted by Gasteiger charge is -2.58. The van der Waals surface area contributed by atoms with Gasteiger partial charge in [-0.05, 0) is 56.4 Å². The lowest BCUT2D eigenvalue weighted by Crippen LogP contribution is -2.60. The van der Waals surface area contributed by atoms with Crippen LogP contribution in [-0.2, 0) is 9.53 Å². The molecule has 0 aliphatic heterocycles. The monoisotopic (exact) mass is 420 g/mol. The van der Waals surface area contributed by atoms with Gasteiger partial charge in [-0.3, -0.25) is 4.79 Å². The van der Waals surface area contributed by atoms with Gasteiger partial charge in [-0.1, -0.05) is 50.8 Å². The van der Waals surface area contributed by atoms with Gasteiger partial charge < -0.3 is 20.1 Å². The van der Waals surface area contributed by atoms with E-state index in [1.807, 2.05) is 6.08 Å². The fourth-order valence-electron chi connectivity index (χ4n) is 5.73. The third kappa shape index (κ3) is 5.35. The molecule has 0 aromatic carbocycles. The Morgan fingerprint density at radius 1 is 1.27 bits per heavy atom. The highest BCUT2D eigenvalue weighted by Gasteiger charge is 2.58. The summed E-state index contributed by atoms with van der Waals surface area (Å²) in [4.78, 5) is 10.9. The van der Waals surface area contributed by atoms with Gasteiger partial charge in [0.15, 0.2) is 0 Å². The van der Waals surface area contributed by atoms with Gasteiger partial charge >= 0.3 is 5.97 Å². The molecule has 170 valence electrons. The van der Waals surface area contributed by atoms with Gasteiger partial charge in [0.25, 0.3) is 0 Å². The number of ether oxygens (including phenoxy) is 1. The Bertz CT molecular complexity index is 621. The van der Waals surface area contributed by atoms with Crippen molar-refractivity contribution >= 4 is 5.97 Å². The van der Waals surface area contributed by atoms with Crippen LogP contribution in [0, 0.1) is 17.8 Å². The van der Waals surface area contributed by atoms with Crippen molar-refractivity contribution in [3.63, 3.8) is 0 Å². The normalized spacial score (nSPS) is 34.6. The highest BCUT2D eigenvalue weighted by molar-refractivity contribution is 5.66. The summed E-state index contributed by atoms with van der Waals surface area (Å²) >= 11 is 0. The van der Waals surface area contributed by atoms with Crippen molar-refractivity contribution in [3.8, 4) is 0 Å². The second kappa shape index (κ2) is 10.9. The van der Waals surface area contributed by atoms with Crippen molar-refractivity contribution in [1.29, 1.82) is 0 Å². The molecule has 1 unspecified atom stereocenters. The highest BCUT2D eigenvalue weighted by Crippen LogP contribution is 2.57. The Kier molecular flexibility index (Phi) is 8.55. The average molecular weight is 421 g/mol. The SMILES string of the molecule is CCCCO[C@]12CC[C@@H](O)[C@H](C=CC(O)C3CCCCC3)[C@H]1CC2=CCCC(=O)O. The molecule has 0 saturated heterocycles. The molecule has 0 spiro atoms. The van der Waals surface area contributed by atoms with Gasteiger partial charge in [-0.15, -0.1) is 0 Å². The molecule has 3 fully saturated rings. The summed E-state index contributed by atoms with van der Waals surface area (Å²) in [5.74, 6) is -0.256. The van der Waals surface area contributed by atoms with Crippen LogP contribution in [0.3, 0.4) is 0 Å². The van der Waals surface area contributed by atoms with Crippen LogP contribution >= 0.6 is 0 Å². The van der Waals surface area contributed by atoms with Crippen molar-refractivity contribution in [2.75, 3.05) is 6.61 Å². The second-order valence-corrected chi connectivity index (χ2v) is 9.52. The summed E-state index contributed by atoms with van der Waals surface area (Å²) in [6.45, 7) is 2.84. The molecular formula is C25H40O5. The summed E-state index contributed by atoms with van der Waals surface area (Å²) in [5, 5.41) is 30.4. The number of aliphatic hydroxyl groups excluding tert-OH is 2. The van der Waals surface area contributed by atoms with Crippen molar-refractivity contribution in [2.45, 2.75) is 102 Å². The molecule has 5 nitrogen and oxygen atoms in total. The molecule has 3 aliphatic carbocycles. The highest BCUT2D eigenvalue weighted by atomic mass is 16.5. The van der Waals surface area contributed by atoms with E-state index in [1.54, 1.807) is 0 Å². The number of carbonyl (C=O) groups is 1. The topological polar surface area (TPSA) is 87.0 Å². The Labute approximate surface area is 181 Å². The minimum atomic E-state index is -0.778. The minimum Gasteiger partial charge on any atom is -0.481 e. The number of unbranched alkanes of at least 4 members (excludes halogenated alkanes) is 1. The van der Waals surface area contributed by atoms with Crippen LogP contribution in [0.1, 0.15) is 84.0 Å². The number of aliphatic carboxylic acids is 1. The van der Waals surface area contributed by atoms with Crippen molar-refractivity contribution < 1.29 is 24.9 Å². The van der Waals surface area contributed by atoms with Gasteiger partial charge in [0, 0.05) is 24.9 Å². The van der Waals surface area contributed by atoms with E-state index in [2.05, 4.69) is 19.1 Å². The summed E-state index contributed by atoms with van der Waals surface area (Å²) in [6.07, 6.45) is 16.1. The number of hydrogen-bond donors (Lipinski definition) is 3. The predicted molar refractivity (Wildman–Crippen MR) is 117 cm³/mol. The quantitative estimate of drug-likeness (QED) is 0.355. The first-order valence-corrected chi connectivity index (χ1v) is 12.1. The largest absolute Gasteiger partial charge is 0.481 e. The zero-order valence-corrected chi connectivity index (χ0v) is 18.5. The number of fused-ring (bicyclic) bond motifs is 1. The van der Waals surface area contributed by atoms with Crippen LogP contribution in [0.15, 0.2) is 23.8 Å². The third-order valence-corrected chi connectivity index (χ3v) is 7.57. The first kappa shape index (κ1) is 23.5. The first-order valence-electron chi connectivity index (χ1n) is 12.1. The maximum Gasteiger partial charge on any atom is 0.303 e. The molecule has 5 atom stereocenters. The van der Waals surface area contributed by atoms with E-state index in [9.17, 15) is 15.0 Å². The van der Waals surface area contributed by atoms with E-state index >= 15 is 0 Å². The Morgan fingerprint density at radius 3 is 2.73 bits per heavy atom. The maximum absolute atomic E-state index is 10.9. The lowest BCUT2D eigenvalue weighted by atomic mass is 9.53. The van der Waals surface area contributed by atoms with Crippen LogP contribution in [0.4, 0.5) is 0 Å². The number of carboxylic acids is 1. The molecule has 0 aromatic heterocycles. The van der Waals surface area contributed by atoms with Crippen molar-refractivity contribution in [2.24, 2.45) is 17.8 Å². The Morgan fingerprint density at radius 2 is 2.03 bits per heavy atom. The molecule has 0 aromatic rings. The molecule has 0 heterocycles. The standard InChI is InChI=1S/C25H40O5/c1-2-3-16-30-25-15-14-23(27)20(12-13-22(26)18-8-5-4-6-9-18)21(25)17-19(25)10-7-11-24(28)29/h10,12-13,18,20-23,26-27H,2-9,11,14-17H2,1H3,(H,28,29)/t20-,21-,22?,23-,25+/m1/s1. The zero-order chi connectivity index (χ0) is 21.6. The van der Waals surface area contributed by atoms with E-state index in [0.717, 1.165) is 38.5 Å². The number of hydrogen-bond acceptors (Lipinski definition) is 4. The van der Waals surface area contributed by atoms with E-state index in [-0.39, 0.29) is 23.9 Å². The maximum atomic E-state index is 10.9. The van der Waals surface area contributed by atoms with Gasteiger partial charge in [0.1, 0.15) is 0 Å². The van der Waals surface area contributed by atoms with Gasteiger partial charge in [-0.25, -0.2) is 0 Å². The van der Waals surface area contributed by atoms with Crippen LogP contribution in [0.2, 0.25) is 0 Å². The smallest absolute Gasteiger partial charge is 0.303 e. The zero-order valence-electron chi connectivity index (χ0n) is 18.5. The fraction of sp³-hybridized carbons (Fsp3) is 0.800. The number of rotatable bonds is 10. The predicted octanol–water partition coefficient (Wildman–Crippen LogP) is 4.62. The Hall–Kier alpha value is -1.17. The van der Waals surface area contributed by atoms with Crippen LogP contribution in [0.5, 0.6) is 0 Å². The lowest BCUT2D eigenvalue weighted by molar-refractivity contribution is -0.158. The first-order chi connectivity index (χ1) is 14.5. The fourth-order valence-corrected chi connectivity index (χ4v) is 5.73. The molecule has 3 aliphatic rings. The molecule has 30 heavy (non-hydrogen) atoms. The van der Waals surface area contributed by atoms with E-state index in [4.69, 9.17) is 9.84 Å². The van der Waals surface area contributed by atoms with E-state index in [1.165, 1.54) is 24.8 Å². The van der Waals surface area contributed by atoms with Crippen LogP contribution in [-0.4, -0.2) is 45.7 Å². The van der Waals surface area contributed by atoms with Gasteiger partial charge in [0.05, 0.1) is 17.8 Å².